The zero-order valence-electron chi connectivity index (χ0n) is 15.8. The molecule has 9 nitrogen and oxygen atoms in total. The van der Waals surface area contributed by atoms with E-state index in [4.69, 9.17) is 0 Å². The molecule has 11 heteroatoms. The van der Waals surface area contributed by atoms with Gasteiger partial charge in [0, 0.05) is 61.8 Å². The zero-order chi connectivity index (χ0) is 20.2. The Kier molecular flexibility index (Phi) is 4.55. The molecule has 28 heavy (non-hydrogen) atoms. The van der Waals surface area contributed by atoms with Gasteiger partial charge in [0.05, 0.1) is 28.2 Å². The average Bonchev–Trinajstić information content (AvgIpc) is 3.19. The van der Waals surface area contributed by atoms with E-state index in [1.165, 1.54) is 25.6 Å². The fourth-order valence-electron chi connectivity index (χ4n) is 3.64. The third kappa shape index (κ3) is 2.93. The second-order valence-corrected chi connectivity index (χ2v) is 10.5. The van der Waals surface area contributed by atoms with Gasteiger partial charge < -0.3 is 0 Å². The Labute approximate surface area is 164 Å². The van der Waals surface area contributed by atoms with Crippen LogP contribution in [0.1, 0.15) is 11.6 Å². The van der Waals surface area contributed by atoms with Gasteiger partial charge in [0.1, 0.15) is 0 Å². The Bertz CT molecular complexity index is 1250. The van der Waals surface area contributed by atoms with E-state index in [1.54, 1.807) is 44.3 Å². The SMILES string of the molecule is Cn1cc([C@@H]2C[S@@](=O)CCN2S(=O)(=O)c2ccc3c(c2)n(C)c(=O)n3C)cn1. The van der Waals surface area contributed by atoms with Gasteiger partial charge in [0.2, 0.25) is 10.0 Å². The first-order valence-corrected chi connectivity index (χ1v) is 11.6. The lowest BCUT2D eigenvalue weighted by Gasteiger charge is -2.33. The number of aryl methyl sites for hydroxylation is 3. The Morgan fingerprint density at radius 2 is 1.86 bits per heavy atom. The van der Waals surface area contributed by atoms with Crippen molar-refractivity contribution < 1.29 is 12.6 Å². The summed E-state index contributed by atoms with van der Waals surface area (Å²) in [5.74, 6) is 0.527. The summed E-state index contributed by atoms with van der Waals surface area (Å²) in [4.78, 5) is 12.3. The third-order valence-corrected chi connectivity index (χ3v) is 8.42. The number of fused-ring (bicyclic) bond motifs is 1. The summed E-state index contributed by atoms with van der Waals surface area (Å²) in [6, 6.07) is 4.15. The lowest BCUT2D eigenvalue weighted by Crippen LogP contribution is -2.44. The predicted molar refractivity (Wildman–Crippen MR) is 106 cm³/mol. The standard InChI is InChI=1S/C17H21N5O4S2/c1-19-10-12(9-18-19)16-11-27(24)7-6-22(16)28(25,26)13-4-5-14-15(8-13)21(3)17(23)20(14)2/h4-5,8-10,16H,6-7,11H2,1-3H3/t16-,27-/m0/s1. The van der Waals surface area contributed by atoms with Crippen LogP contribution in [0.15, 0.2) is 40.3 Å². The summed E-state index contributed by atoms with van der Waals surface area (Å²) in [7, 11) is 0.0815. The summed E-state index contributed by atoms with van der Waals surface area (Å²) in [6.07, 6.45) is 3.36. The smallest absolute Gasteiger partial charge is 0.295 e. The van der Waals surface area contributed by atoms with Crippen LogP contribution in [0.2, 0.25) is 0 Å². The van der Waals surface area contributed by atoms with Crippen LogP contribution >= 0.6 is 0 Å². The van der Waals surface area contributed by atoms with Gasteiger partial charge in [0.15, 0.2) is 0 Å². The molecule has 3 heterocycles. The number of sulfonamides is 1. The predicted octanol–water partition coefficient (Wildman–Crippen LogP) is 0.105. The van der Waals surface area contributed by atoms with Crippen LogP contribution < -0.4 is 5.69 Å². The number of aromatic nitrogens is 4. The number of benzene rings is 1. The summed E-state index contributed by atoms with van der Waals surface area (Å²) in [6.45, 7) is 0.167. The quantitative estimate of drug-likeness (QED) is 0.595. The fraction of sp³-hybridized carbons (Fsp3) is 0.412. The molecule has 0 amide bonds. The summed E-state index contributed by atoms with van der Waals surface area (Å²) >= 11 is 0. The fourth-order valence-corrected chi connectivity index (χ4v) is 6.77. The number of hydrogen-bond donors (Lipinski definition) is 0. The first-order valence-electron chi connectivity index (χ1n) is 8.71. The maximum Gasteiger partial charge on any atom is 0.328 e. The van der Waals surface area contributed by atoms with E-state index in [9.17, 15) is 17.4 Å². The van der Waals surface area contributed by atoms with Crippen molar-refractivity contribution >= 4 is 31.9 Å². The molecule has 1 aliphatic heterocycles. The number of hydrogen-bond acceptors (Lipinski definition) is 5. The van der Waals surface area contributed by atoms with E-state index in [-0.39, 0.29) is 22.9 Å². The van der Waals surface area contributed by atoms with Crippen LogP contribution in [0, 0.1) is 0 Å². The molecule has 1 aliphatic rings. The second-order valence-electron chi connectivity index (χ2n) is 6.94. The summed E-state index contributed by atoms with van der Waals surface area (Å²) < 4.78 is 44.9. The Balaban J connectivity index is 1.82. The van der Waals surface area contributed by atoms with Gasteiger partial charge in [0.25, 0.3) is 0 Å². The van der Waals surface area contributed by atoms with Crippen LogP contribution in [0.4, 0.5) is 0 Å². The highest BCUT2D eigenvalue weighted by Gasteiger charge is 2.37. The van der Waals surface area contributed by atoms with Crippen molar-refractivity contribution in [1.82, 2.24) is 23.2 Å². The van der Waals surface area contributed by atoms with Gasteiger partial charge >= 0.3 is 5.69 Å². The molecule has 0 N–H and O–H groups in total. The van der Waals surface area contributed by atoms with Gasteiger partial charge in [-0.05, 0) is 18.2 Å². The summed E-state index contributed by atoms with van der Waals surface area (Å²) in [5.41, 5.74) is 1.71. The van der Waals surface area contributed by atoms with E-state index in [1.807, 2.05) is 0 Å². The van der Waals surface area contributed by atoms with Crippen LogP contribution in [-0.4, -0.2) is 53.9 Å². The topological polar surface area (TPSA) is 99.2 Å². The maximum absolute atomic E-state index is 13.4. The van der Waals surface area contributed by atoms with Crippen molar-refractivity contribution in [2.24, 2.45) is 21.1 Å². The maximum atomic E-state index is 13.4. The molecule has 3 aromatic rings. The van der Waals surface area contributed by atoms with Crippen molar-refractivity contribution in [2.45, 2.75) is 10.9 Å². The van der Waals surface area contributed by atoms with Crippen molar-refractivity contribution in [1.29, 1.82) is 0 Å². The molecular formula is C17H21N5O4S2. The highest BCUT2D eigenvalue weighted by molar-refractivity contribution is 7.89. The van der Waals surface area contributed by atoms with Gasteiger partial charge in [-0.3, -0.25) is 18.0 Å². The molecule has 0 aliphatic carbocycles. The number of imidazole rings is 1. The second kappa shape index (κ2) is 6.68. The van der Waals surface area contributed by atoms with Crippen LogP contribution in [0.5, 0.6) is 0 Å². The number of rotatable bonds is 3. The van der Waals surface area contributed by atoms with Crippen LogP contribution in [-0.2, 0) is 42.0 Å². The molecule has 0 unspecified atom stereocenters. The summed E-state index contributed by atoms with van der Waals surface area (Å²) in [5, 5.41) is 4.13. The highest BCUT2D eigenvalue weighted by Crippen LogP contribution is 2.32. The largest absolute Gasteiger partial charge is 0.328 e. The molecule has 150 valence electrons. The molecule has 1 aromatic carbocycles. The highest BCUT2D eigenvalue weighted by atomic mass is 32.2. The molecule has 1 saturated heterocycles. The Morgan fingerprint density at radius 3 is 2.54 bits per heavy atom. The first kappa shape index (κ1) is 19.1. The molecule has 1 fully saturated rings. The van der Waals surface area contributed by atoms with Crippen LogP contribution in [0.3, 0.4) is 0 Å². The average molecular weight is 424 g/mol. The van der Waals surface area contributed by atoms with Crippen molar-refractivity contribution in [2.75, 3.05) is 18.1 Å². The molecular weight excluding hydrogens is 402 g/mol. The number of nitrogens with zero attached hydrogens (tertiary/aromatic N) is 5. The van der Waals surface area contributed by atoms with E-state index in [0.717, 1.165) is 0 Å². The van der Waals surface area contributed by atoms with E-state index in [0.29, 0.717) is 22.3 Å². The lowest BCUT2D eigenvalue weighted by atomic mass is 10.2. The molecule has 0 radical (unpaired) electrons. The van der Waals surface area contributed by atoms with Gasteiger partial charge in [-0.15, -0.1) is 0 Å². The minimum atomic E-state index is -3.85. The van der Waals surface area contributed by atoms with Crippen molar-refractivity contribution in [3.8, 4) is 0 Å². The van der Waals surface area contributed by atoms with E-state index < -0.39 is 26.9 Å². The minimum Gasteiger partial charge on any atom is -0.295 e. The first-order chi connectivity index (χ1) is 13.2. The van der Waals surface area contributed by atoms with Crippen molar-refractivity contribution in [3.63, 3.8) is 0 Å². The van der Waals surface area contributed by atoms with E-state index >= 15 is 0 Å². The molecule has 0 saturated carbocycles. The molecule has 0 spiro atoms. The third-order valence-electron chi connectivity index (χ3n) is 5.19. The van der Waals surface area contributed by atoms with E-state index in [2.05, 4.69) is 5.10 Å². The minimum absolute atomic E-state index is 0.114. The molecule has 2 atom stereocenters. The van der Waals surface area contributed by atoms with Gasteiger partial charge in [-0.25, -0.2) is 13.2 Å². The molecule has 4 rings (SSSR count). The zero-order valence-corrected chi connectivity index (χ0v) is 17.4. The molecule has 0 bridgehead atoms. The Morgan fingerprint density at radius 1 is 1.14 bits per heavy atom. The lowest BCUT2D eigenvalue weighted by molar-refractivity contribution is 0.351. The van der Waals surface area contributed by atoms with Gasteiger partial charge in [-0.2, -0.15) is 9.40 Å². The normalized spacial score (nSPS) is 21.4. The monoisotopic (exact) mass is 423 g/mol. The van der Waals surface area contributed by atoms with Crippen molar-refractivity contribution in [3.05, 3.63) is 46.6 Å². The van der Waals surface area contributed by atoms with Crippen LogP contribution in [0.25, 0.3) is 11.0 Å². The van der Waals surface area contributed by atoms with Gasteiger partial charge in [-0.1, -0.05) is 0 Å². The molecule has 2 aromatic heterocycles. The Hall–Kier alpha value is -2.24.